The number of benzene rings is 1. The highest BCUT2D eigenvalue weighted by atomic mass is 35.5. The lowest BCUT2D eigenvalue weighted by atomic mass is 10.2. The normalized spacial score (nSPS) is 17.8. The van der Waals surface area contributed by atoms with E-state index in [1.54, 1.807) is 11.8 Å². The number of likely N-dealkylation sites (N-methyl/N-ethyl adjacent to an activating group) is 1. The minimum absolute atomic E-state index is 0.865. The van der Waals surface area contributed by atoms with Gasteiger partial charge in [0, 0.05) is 36.8 Å². The molecule has 2 rings (SSSR count). The summed E-state index contributed by atoms with van der Waals surface area (Å²) in [7, 11) is 2.17. The average molecular weight is 257 g/mol. The Labute approximate surface area is 107 Å². The standard InChI is InChI=1S/C12H17ClN2S/c1-14-5-7-15(8-6-14)10-3-4-12(16-2)11(13)9-10/h3-4,9H,5-8H2,1-2H3. The van der Waals surface area contributed by atoms with Crippen molar-refractivity contribution in [2.75, 3.05) is 44.4 Å². The Hall–Kier alpha value is -0.380. The van der Waals surface area contributed by atoms with E-state index in [0.717, 1.165) is 36.1 Å². The molecule has 0 saturated carbocycles. The molecule has 0 bridgehead atoms. The molecule has 2 nitrogen and oxygen atoms in total. The lowest BCUT2D eigenvalue weighted by molar-refractivity contribution is 0.313. The molecule has 16 heavy (non-hydrogen) atoms. The maximum Gasteiger partial charge on any atom is 0.0562 e. The van der Waals surface area contributed by atoms with Crippen molar-refractivity contribution >= 4 is 29.1 Å². The first-order valence-electron chi connectivity index (χ1n) is 5.48. The predicted octanol–water partition coefficient (Wildman–Crippen LogP) is 2.81. The number of piperazine rings is 1. The summed E-state index contributed by atoms with van der Waals surface area (Å²) in [6.07, 6.45) is 2.05. The maximum atomic E-state index is 6.22. The van der Waals surface area contributed by atoms with E-state index in [4.69, 9.17) is 11.6 Å². The molecule has 1 saturated heterocycles. The van der Waals surface area contributed by atoms with Gasteiger partial charge in [0.2, 0.25) is 0 Å². The second kappa shape index (κ2) is 5.30. The van der Waals surface area contributed by atoms with Crippen molar-refractivity contribution in [1.29, 1.82) is 0 Å². The quantitative estimate of drug-likeness (QED) is 0.752. The van der Waals surface area contributed by atoms with Gasteiger partial charge in [-0.05, 0) is 31.5 Å². The van der Waals surface area contributed by atoms with Crippen LogP contribution in [0.15, 0.2) is 23.1 Å². The van der Waals surface area contributed by atoms with Crippen LogP contribution in [-0.4, -0.2) is 44.4 Å². The zero-order chi connectivity index (χ0) is 11.5. The van der Waals surface area contributed by atoms with Crippen molar-refractivity contribution in [3.63, 3.8) is 0 Å². The first-order valence-corrected chi connectivity index (χ1v) is 7.08. The Morgan fingerprint density at radius 3 is 2.44 bits per heavy atom. The minimum Gasteiger partial charge on any atom is -0.369 e. The van der Waals surface area contributed by atoms with E-state index >= 15 is 0 Å². The van der Waals surface area contributed by atoms with Crippen LogP contribution in [0.2, 0.25) is 5.02 Å². The van der Waals surface area contributed by atoms with Gasteiger partial charge in [-0.1, -0.05) is 11.6 Å². The minimum atomic E-state index is 0.865. The largest absolute Gasteiger partial charge is 0.369 e. The maximum absolute atomic E-state index is 6.22. The molecule has 1 aromatic rings. The van der Waals surface area contributed by atoms with Gasteiger partial charge in [-0.15, -0.1) is 11.8 Å². The second-order valence-corrected chi connectivity index (χ2v) is 5.36. The fourth-order valence-electron chi connectivity index (χ4n) is 1.92. The number of hydrogen-bond acceptors (Lipinski definition) is 3. The summed E-state index contributed by atoms with van der Waals surface area (Å²) < 4.78 is 0. The highest BCUT2D eigenvalue weighted by Gasteiger charge is 2.14. The number of anilines is 1. The molecule has 0 aliphatic carbocycles. The first kappa shape index (κ1) is 12.1. The van der Waals surface area contributed by atoms with Crippen molar-refractivity contribution in [2.45, 2.75) is 4.90 Å². The van der Waals surface area contributed by atoms with Crippen LogP contribution in [0.5, 0.6) is 0 Å². The molecule has 0 atom stereocenters. The molecule has 0 unspecified atom stereocenters. The highest BCUT2D eigenvalue weighted by molar-refractivity contribution is 7.98. The van der Waals surface area contributed by atoms with Gasteiger partial charge in [-0.2, -0.15) is 0 Å². The van der Waals surface area contributed by atoms with Gasteiger partial charge in [0.1, 0.15) is 0 Å². The molecular weight excluding hydrogens is 240 g/mol. The SMILES string of the molecule is CSc1ccc(N2CCN(C)CC2)cc1Cl. The van der Waals surface area contributed by atoms with Gasteiger partial charge >= 0.3 is 0 Å². The molecular formula is C12H17ClN2S. The Kier molecular flexibility index (Phi) is 4.00. The number of halogens is 1. The molecule has 1 fully saturated rings. The summed E-state index contributed by atoms with van der Waals surface area (Å²) in [5.74, 6) is 0. The molecule has 1 aromatic carbocycles. The number of hydrogen-bond donors (Lipinski definition) is 0. The predicted molar refractivity (Wildman–Crippen MR) is 72.9 cm³/mol. The monoisotopic (exact) mass is 256 g/mol. The third-order valence-electron chi connectivity index (χ3n) is 3.00. The topological polar surface area (TPSA) is 6.48 Å². The van der Waals surface area contributed by atoms with E-state index in [2.05, 4.69) is 41.3 Å². The zero-order valence-electron chi connectivity index (χ0n) is 9.74. The molecule has 0 amide bonds. The van der Waals surface area contributed by atoms with Crippen molar-refractivity contribution in [3.8, 4) is 0 Å². The third kappa shape index (κ3) is 2.65. The number of nitrogens with zero attached hydrogens (tertiary/aromatic N) is 2. The summed E-state index contributed by atoms with van der Waals surface area (Å²) in [5.41, 5.74) is 1.25. The molecule has 88 valence electrons. The van der Waals surface area contributed by atoms with E-state index in [1.807, 2.05) is 0 Å². The summed E-state index contributed by atoms with van der Waals surface area (Å²) >= 11 is 7.91. The van der Waals surface area contributed by atoms with Gasteiger partial charge in [0.05, 0.1) is 5.02 Å². The highest BCUT2D eigenvalue weighted by Crippen LogP contribution is 2.29. The number of thioether (sulfide) groups is 1. The molecule has 1 aliphatic rings. The fourth-order valence-corrected chi connectivity index (χ4v) is 2.78. The van der Waals surface area contributed by atoms with Gasteiger partial charge in [0.25, 0.3) is 0 Å². The molecule has 1 heterocycles. The molecule has 1 aliphatic heterocycles. The lowest BCUT2D eigenvalue weighted by Gasteiger charge is -2.34. The molecule has 0 radical (unpaired) electrons. The van der Waals surface area contributed by atoms with Crippen molar-refractivity contribution in [1.82, 2.24) is 4.90 Å². The summed E-state index contributed by atoms with van der Waals surface area (Å²) in [4.78, 5) is 5.91. The van der Waals surface area contributed by atoms with Gasteiger partial charge in [-0.3, -0.25) is 0 Å². The lowest BCUT2D eigenvalue weighted by Crippen LogP contribution is -2.44. The second-order valence-electron chi connectivity index (χ2n) is 4.11. The van der Waals surface area contributed by atoms with Crippen LogP contribution in [-0.2, 0) is 0 Å². The summed E-state index contributed by atoms with van der Waals surface area (Å²) in [5, 5.41) is 0.865. The number of rotatable bonds is 2. The van der Waals surface area contributed by atoms with Crippen LogP contribution < -0.4 is 4.90 Å². The van der Waals surface area contributed by atoms with Crippen LogP contribution in [0.4, 0.5) is 5.69 Å². The van der Waals surface area contributed by atoms with Crippen LogP contribution in [0.3, 0.4) is 0 Å². The molecule has 0 spiro atoms. The molecule has 4 heteroatoms. The van der Waals surface area contributed by atoms with Crippen LogP contribution in [0.25, 0.3) is 0 Å². The van der Waals surface area contributed by atoms with E-state index in [-0.39, 0.29) is 0 Å². The van der Waals surface area contributed by atoms with Gasteiger partial charge in [0.15, 0.2) is 0 Å². The fraction of sp³-hybridized carbons (Fsp3) is 0.500. The first-order chi connectivity index (χ1) is 7.70. The average Bonchev–Trinajstić information content (AvgIpc) is 2.30. The molecule has 0 aromatic heterocycles. The third-order valence-corrected chi connectivity index (χ3v) is 4.22. The van der Waals surface area contributed by atoms with E-state index in [1.165, 1.54) is 5.69 Å². The van der Waals surface area contributed by atoms with Crippen molar-refractivity contribution in [2.24, 2.45) is 0 Å². The zero-order valence-corrected chi connectivity index (χ0v) is 11.3. The Balaban J connectivity index is 2.12. The molecule has 0 N–H and O–H groups in total. The van der Waals surface area contributed by atoms with Crippen LogP contribution in [0, 0.1) is 0 Å². The van der Waals surface area contributed by atoms with E-state index < -0.39 is 0 Å². The van der Waals surface area contributed by atoms with E-state index in [0.29, 0.717) is 0 Å². The summed E-state index contributed by atoms with van der Waals surface area (Å²) in [6, 6.07) is 6.36. The van der Waals surface area contributed by atoms with Crippen molar-refractivity contribution in [3.05, 3.63) is 23.2 Å². The van der Waals surface area contributed by atoms with Crippen LogP contribution in [0.1, 0.15) is 0 Å². The van der Waals surface area contributed by atoms with Gasteiger partial charge < -0.3 is 9.80 Å². The van der Waals surface area contributed by atoms with Gasteiger partial charge in [-0.25, -0.2) is 0 Å². The summed E-state index contributed by atoms with van der Waals surface area (Å²) in [6.45, 7) is 4.43. The smallest absolute Gasteiger partial charge is 0.0562 e. The van der Waals surface area contributed by atoms with E-state index in [9.17, 15) is 0 Å². The Bertz CT molecular complexity index is 362. The Morgan fingerprint density at radius 1 is 1.19 bits per heavy atom. The van der Waals surface area contributed by atoms with Crippen molar-refractivity contribution < 1.29 is 0 Å². The van der Waals surface area contributed by atoms with Crippen LogP contribution >= 0.6 is 23.4 Å². The Morgan fingerprint density at radius 2 is 1.88 bits per heavy atom.